The fraction of sp³-hybridized carbons (Fsp3) is 0.579. The normalized spacial score (nSPS) is 10.6. The minimum Gasteiger partial charge on any atom is -0.423 e. The SMILES string of the molecule is CCCCCCCCC(=O)Oc1ccccc1OC(=O)C(C)C. The Bertz CT molecular complexity index is 494. The molecule has 0 atom stereocenters. The van der Waals surface area contributed by atoms with Crippen LogP contribution in [0, 0.1) is 5.92 Å². The molecule has 1 aromatic rings. The lowest BCUT2D eigenvalue weighted by molar-refractivity contribution is -0.139. The highest BCUT2D eigenvalue weighted by molar-refractivity contribution is 5.77. The van der Waals surface area contributed by atoms with Crippen molar-refractivity contribution in [3.63, 3.8) is 0 Å². The highest BCUT2D eigenvalue weighted by atomic mass is 16.6. The van der Waals surface area contributed by atoms with Crippen LogP contribution in [0.25, 0.3) is 0 Å². The molecule has 128 valence electrons. The van der Waals surface area contributed by atoms with E-state index in [9.17, 15) is 9.59 Å². The molecular formula is C19H28O4. The Morgan fingerprint density at radius 2 is 1.48 bits per heavy atom. The highest BCUT2D eigenvalue weighted by Gasteiger charge is 2.15. The lowest BCUT2D eigenvalue weighted by Crippen LogP contribution is -2.16. The van der Waals surface area contributed by atoms with E-state index in [1.165, 1.54) is 19.3 Å². The zero-order valence-electron chi connectivity index (χ0n) is 14.5. The summed E-state index contributed by atoms with van der Waals surface area (Å²) in [6.45, 7) is 5.70. The molecule has 0 bridgehead atoms. The fourth-order valence-corrected chi connectivity index (χ4v) is 2.07. The van der Waals surface area contributed by atoms with Crippen molar-refractivity contribution in [2.45, 2.75) is 65.7 Å². The van der Waals surface area contributed by atoms with E-state index in [2.05, 4.69) is 6.92 Å². The van der Waals surface area contributed by atoms with Crippen LogP contribution in [0.3, 0.4) is 0 Å². The number of rotatable bonds is 10. The van der Waals surface area contributed by atoms with Gasteiger partial charge in [-0.2, -0.15) is 0 Å². The summed E-state index contributed by atoms with van der Waals surface area (Å²) in [5.74, 6) is -0.264. The molecule has 0 heterocycles. The summed E-state index contributed by atoms with van der Waals surface area (Å²) in [4.78, 5) is 23.6. The number of esters is 2. The van der Waals surface area contributed by atoms with Crippen LogP contribution in [0.1, 0.15) is 65.7 Å². The van der Waals surface area contributed by atoms with Crippen LogP contribution in [-0.4, -0.2) is 11.9 Å². The fourth-order valence-electron chi connectivity index (χ4n) is 2.07. The quantitative estimate of drug-likeness (QED) is 0.349. The predicted molar refractivity (Wildman–Crippen MR) is 90.5 cm³/mol. The summed E-state index contributed by atoms with van der Waals surface area (Å²) in [6, 6.07) is 6.77. The molecule has 0 aliphatic rings. The molecule has 1 aromatic carbocycles. The van der Waals surface area contributed by atoms with Crippen molar-refractivity contribution >= 4 is 11.9 Å². The van der Waals surface area contributed by atoms with E-state index in [0.29, 0.717) is 17.9 Å². The van der Waals surface area contributed by atoms with E-state index in [0.717, 1.165) is 19.3 Å². The van der Waals surface area contributed by atoms with Crippen LogP contribution < -0.4 is 9.47 Å². The molecule has 0 aliphatic carbocycles. The number of hydrogen-bond acceptors (Lipinski definition) is 4. The minimum absolute atomic E-state index is 0.234. The molecule has 0 amide bonds. The maximum Gasteiger partial charge on any atom is 0.313 e. The number of unbranched alkanes of at least 4 members (excludes halogenated alkanes) is 5. The Balaban J connectivity index is 2.44. The van der Waals surface area contributed by atoms with Crippen LogP contribution in [0.4, 0.5) is 0 Å². The van der Waals surface area contributed by atoms with Gasteiger partial charge in [-0.05, 0) is 18.6 Å². The van der Waals surface area contributed by atoms with Gasteiger partial charge in [0.25, 0.3) is 0 Å². The third-order valence-corrected chi connectivity index (χ3v) is 3.49. The zero-order valence-corrected chi connectivity index (χ0v) is 14.5. The van der Waals surface area contributed by atoms with Crippen LogP contribution in [-0.2, 0) is 9.59 Å². The van der Waals surface area contributed by atoms with E-state index in [1.807, 2.05) is 0 Å². The maximum absolute atomic E-state index is 11.9. The smallest absolute Gasteiger partial charge is 0.313 e. The zero-order chi connectivity index (χ0) is 17.1. The Morgan fingerprint density at radius 3 is 2.09 bits per heavy atom. The van der Waals surface area contributed by atoms with Gasteiger partial charge in [-0.25, -0.2) is 0 Å². The van der Waals surface area contributed by atoms with Gasteiger partial charge in [-0.1, -0.05) is 65.0 Å². The molecule has 0 aliphatic heterocycles. The maximum atomic E-state index is 11.9. The Kier molecular flexibility index (Phi) is 9.03. The van der Waals surface area contributed by atoms with Gasteiger partial charge in [0.15, 0.2) is 11.5 Å². The molecule has 0 radical (unpaired) electrons. The lowest BCUT2D eigenvalue weighted by atomic mass is 10.1. The van der Waals surface area contributed by atoms with E-state index in [1.54, 1.807) is 38.1 Å². The molecule has 0 fully saturated rings. The molecule has 0 saturated carbocycles. The van der Waals surface area contributed by atoms with E-state index < -0.39 is 0 Å². The van der Waals surface area contributed by atoms with Gasteiger partial charge in [0.05, 0.1) is 5.92 Å². The summed E-state index contributed by atoms with van der Waals surface area (Å²) in [5.41, 5.74) is 0. The van der Waals surface area contributed by atoms with Crippen molar-refractivity contribution < 1.29 is 19.1 Å². The summed E-state index contributed by atoms with van der Waals surface area (Å²) in [6.07, 6.45) is 7.10. The average molecular weight is 320 g/mol. The number of hydrogen-bond donors (Lipinski definition) is 0. The molecule has 0 spiro atoms. The average Bonchev–Trinajstić information content (AvgIpc) is 2.52. The summed E-state index contributed by atoms with van der Waals surface area (Å²) in [7, 11) is 0. The monoisotopic (exact) mass is 320 g/mol. The van der Waals surface area contributed by atoms with Gasteiger partial charge < -0.3 is 9.47 Å². The Hall–Kier alpha value is -1.84. The molecule has 0 aromatic heterocycles. The number of benzene rings is 1. The topological polar surface area (TPSA) is 52.6 Å². The van der Waals surface area contributed by atoms with E-state index in [4.69, 9.17) is 9.47 Å². The first-order valence-corrected chi connectivity index (χ1v) is 8.56. The van der Waals surface area contributed by atoms with E-state index >= 15 is 0 Å². The molecule has 4 heteroatoms. The minimum atomic E-state index is -0.343. The lowest BCUT2D eigenvalue weighted by Gasteiger charge is -2.11. The molecule has 0 unspecified atom stereocenters. The Labute approximate surface area is 139 Å². The summed E-state index contributed by atoms with van der Waals surface area (Å²) in [5, 5.41) is 0. The number of carbonyl (C=O) groups excluding carboxylic acids is 2. The third kappa shape index (κ3) is 7.82. The van der Waals surface area contributed by atoms with Gasteiger partial charge in [0, 0.05) is 6.42 Å². The van der Waals surface area contributed by atoms with Crippen LogP contribution in [0.2, 0.25) is 0 Å². The van der Waals surface area contributed by atoms with Gasteiger partial charge in [-0.15, -0.1) is 0 Å². The van der Waals surface area contributed by atoms with Crippen molar-refractivity contribution in [1.82, 2.24) is 0 Å². The molecule has 1 rings (SSSR count). The van der Waals surface area contributed by atoms with Crippen LogP contribution >= 0.6 is 0 Å². The largest absolute Gasteiger partial charge is 0.423 e. The molecular weight excluding hydrogens is 292 g/mol. The molecule has 4 nitrogen and oxygen atoms in total. The van der Waals surface area contributed by atoms with Gasteiger partial charge in [0.2, 0.25) is 0 Å². The molecule has 0 saturated heterocycles. The third-order valence-electron chi connectivity index (χ3n) is 3.49. The Morgan fingerprint density at radius 1 is 0.913 bits per heavy atom. The van der Waals surface area contributed by atoms with Crippen LogP contribution in [0.15, 0.2) is 24.3 Å². The molecule has 23 heavy (non-hydrogen) atoms. The first-order valence-electron chi connectivity index (χ1n) is 8.56. The first kappa shape index (κ1) is 19.2. The predicted octanol–water partition coefficient (Wildman–Crippen LogP) is 4.90. The van der Waals surface area contributed by atoms with Crippen molar-refractivity contribution in [2.24, 2.45) is 5.92 Å². The summed E-state index contributed by atoms with van der Waals surface area (Å²) >= 11 is 0. The van der Waals surface area contributed by atoms with Gasteiger partial charge in [0.1, 0.15) is 0 Å². The summed E-state index contributed by atoms with van der Waals surface area (Å²) < 4.78 is 10.6. The highest BCUT2D eigenvalue weighted by Crippen LogP contribution is 2.27. The standard InChI is InChI=1S/C19H28O4/c1-4-5-6-7-8-9-14-18(20)22-16-12-10-11-13-17(16)23-19(21)15(2)3/h10-13,15H,4-9,14H2,1-3H3. The molecule has 0 N–H and O–H groups in total. The first-order chi connectivity index (χ1) is 11.0. The van der Waals surface area contributed by atoms with Crippen LogP contribution in [0.5, 0.6) is 11.5 Å². The second-order valence-corrected chi connectivity index (χ2v) is 6.01. The second kappa shape index (κ2) is 10.8. The van der Waals surface area contributed by atoms with Crippen molar-refractivity contribution in [2.75, 3.05) is 0 Å². The van der Waals surface area contributed by atoms with E-state index in [-0.39, 0.29) is 17.9 Å². The van der Waals surface area contributed by atoms with Crippen molar-refractivity contribution in [3.05, 3.63) is 24.3 Å². The number of para-hydroxylation sites is 2. The van der Waals surface area contributed by atoms with Crippen molar-refractivity contribution in [3.8, 4) is 11.5 Å². The number of carbonyl (C=O) groups is 2. The van der Waals surface area contributed by atoms with Crippen molar-refractivity contribution in [1.29, 1.82) is 0 Å². The second-order valence-electron chi connectivity index (χ2n) is 6.01. The number of ether oxygens (including phenoxy) is 2. The van der Waals surface area contributed by atoms with Gasteiger partial charge in [-0.3, -0.25) is 9.59 Å². The van der Waals surface area contributed by atoms with Gasteiger partial charge >= 0.3 is 11.9 Å².